The molecule has 12 aromatic rings. The van der Waals surface area contributed by atoms with E-state index < -0.39 is 0 Å². The van der Waals surface area contributed by atoms with E-state index in [1.165, 1.54) is 23.0 Å². The van der Waals surface area contributed by atoms with Crippen molar-refractivity contribution in [2.75, 3.05) is 0 Å². The molecule has 15 heteroatoms. The lowest BCUT2D eigenvalue weighted by molar-refractivity contribution is 1.11. The lowest BCUT2D eigenvalue weighted by Gasteiger charge is -2.02. The standard InChI is InChI=1S/3C11H10N2.3C10H9N3/c1-9-11(3-2-6-13-9)10-4-7-12-8-5-10;1-9-11(7-12-8-13-9)10-5-3-2-4-6-10;1-9-7-12-8-13-11(9)10-5-3-2-4-6-10;1-8-6-12-7-13-10(8)9-2-4-11-5-3-9;1-8-5-12-7-13-10(8)9-3-2-4-11-6-9;1-8-6-11-7-13-10(8)9-4-2-3-5-12-9/h3*2-8H,1H3;3*2-7H,1H3. The van der Waals surface area contributed by atoms with Crippen molar-refractivity contribution in [2.45, 2.75) is 41.5 Å². The van der Waals surface area contributed by atoms with Gasteiger partial charge in [0.1, 0.15) is 31.6 Å². The first-order valence-corrected chi connectivity index (χ1v) is 24.7. The fourth-order valence-corrected chi connectivity index (χ4v) is 7.50. The van der Waals surface area contributed by atoms with E-state index in [1.807, 2.05) is 157 Å². The van der Waals surface area contributed by atoms with Crippen LogP contribution < -0.4 is 0 Å². The van der Waals surface area contributed by atoms with Crippen molar-refractivity contribution in [1.29, 1.82) is 0 Å². The molecule has 10 aromatic heterocycles. The summed E-state index contributed by atoms with van der Waals surface area (Å²) in [6.07, 6.45) is 31.1. The van der Waals surface area contributed by atoms with Crippen molar-refractivity contribution in [3.05, 3.63) is 273 Å². The minimum Gasteiger partial charge on any atom is -0.265 e. The van der Waals surface area contributed by atoms with E-state index in [0.29, 0.717) is 0 Å². The van der Waals surface area contributed by atoms with Crippen LogP contribution in [0.5, 0.6) is 0 Å². The minimum absolute atomic E-state index is 0.891. The van der Waals surface area contributed by atoms with E-state index in [2.05, 4.69) is 105 Å². The van der Waals surface area contributed by atoms with Crippen LogP contribution in [0.1, 0.15) is 33.6 Å². The third-order valence-corrected chi connectivity index (χ3v) is 11.4. The van der Waals surface area contributed by atoms with Crippen LogP contribution in [0.15, 0.2) is 240 Å². The van der Waals surface area contributed by atoms with E-state index in [0.717, 1.165) is 84.4 Å². The summed E-state index contributed by atoms with van der Waals surface area (Å²) in [4.78, 5) is 61.2. The number of aromatic nitrogens is 15. The molecular weight excluding hydrogens is 967 g/mol. The molecule has 0 aliphatic heterocycles. The van der Waals surface area contributed by atoms with Gasteiger partial charge in [-0.15, -0.1) is 0 Å². The zero-order chi connectivity index (χ0) is 54.6. The summed E-state index contributed by atoms with van der Waals surface area (Å²) in [5.74, 6) is 0. The second-order valence-corrected chi connectivity index (χ2v) is 17.0. The average molecular weight is 1020 g/mol. The molecule has 10 heterocycles. The van der Waals surface area contributed by atoms with Crippen molar-refractivity contribution in [3.8, 4) is 67.4 Å². The molecule has 0 saturated carbocycles. The van der Waals surface area contributed by atoms with Crippen LogP contribution in [-0.4, -0.2) is 74.8 Å². The zero-order valence-electron chi connectivity index (χ0n) is 44.2. The predicted octanol–water partition coefficient (Wildman–Crippen LogP) is 12.9. The van der Waals surface area contributed by atoms with Gasteiger partial charge in [-0.2, -0.15) is 0 Å². The highest BCUT2D eigenvalue weighted by Crippen LogP contribution is 2.23. The molecule has 0 atom stereocenters. The van der Waals surface area contributed by atoms with E-state index in [1.54, 1.807) is 87.3 Å². The lowest BCUT2D eigenvalue weighted by Crippen LogP contribution is -1.90. The second-order valence-electron chi connectivity index (χ2n) is 17.0. The van der Waals surface area contributed by atoms with Crippen LogP contribution in [0, 0.1) is 41.5 Å². The molecule has 0 amide bonds. The molecule has 78 heavy (non-hydrogen) atoms. The smallest absolute Gasteiger partial charge is 0.116 e. The fourth-order valence-electron chi connectivity index (χ4n) is 7.50. The molecule has 15 nitrogen and oxygen atoms in total. The van der Waals surface area contributed by atoms with Gasteiger partial charge in [0.25, 0.3) is 0 Å². The Balaban J connectivity index is 0.000000136. The first-order valence-electron chi connectivity index (χ1n) is 24.7. The lowest BCUT2D eigenvalue weighted by atomic mass is 10.1. The summed E-state index contributed by atoms with van der Waals surface area (Å²) in [6, 6.07) is 41.8. The minimum atomic E-state index is 0.891. The second kappa shape index (κ2) is 30.1. The topological polar surface area (TPSA) is 193 Å². The Kier molecular flexibility index (Phi) is 21.3. The van der Waals surface area contributed by atoms with Gasteiger partial charge in [-0.05, 0) is 130 Å². The summed E-state index contributed by atoms with van der Waals surface area (Å²) in [7, 11) is 0. The molecule has 2 aromatic carbocycles. The highest BCUT2D eigenvalue weighted by molar-refractivity contribution is 5.66. The molecular formula is C63H57N15. The Hall–Kier alpha value is -10.4. The van der Waals surface area contributed by atoms with Crippen molar-refractivity contribution in [1.82, 2.24) is 74.8 Å². The number of rotatable bonds is 6. The van der Waals surface area contributed by atoms with E-state index in [9.17, 15) is 0 Å². The Morgan fingerprint density at radius 1 is 0.231 bits per heavy atom. The Morgan fingerprint density at radius 2 is 0.641 bits per heavy atom. The number of benzene rings is 2. The number of hydrogen-bond donors (Lipinski definition) is 0. The molecule has 0 aliphatic rings. The quantitative estimate of drug-likeness (QED) is 0.153. The van der Waals surface area contributed by atoms with Gasteiger partial charge in [0, 0.05) is 120 Å². The summed E-state index contributed by atoms with van der Waals surface area (Å²) < 4.78 is 0. The maximum Gasteiger partial charge on any atom is 0.116 e. The fraction of sp³-hybridized carbons (Fsp3) is 0.0952. The monoisotopic (exact) mass is 1020 g/mol. The number of aryl methyl sites for hydroxylation is 6. The molecule has 0 fully saturated rings. The molecule has 0 aliphatic carbocycles. The summed E-state index contributed by atoms with van der Waals surface area (Å²) in [6.45, 7) is 12.0. The van der Waals surface area contributed by atoms with Crippen molar-refractivity contribution >= 4 is 0 Å². The number of hydrogen-bond acceptors (Lipinski definition) is 15. The Labute approximate surface area is 455 Å². The Bertz CT molecular complexity index is 3010. The predicted molar refractivity (Wildman–Crippen MR) is 307 cm³/mol. The molecule has 0 N–H and O–H groups in total. The van der Waals surface area contributed by atoms with Crippen LogP contribution in [0.2, 0.25) is 0 Å². The third-order valence-electron chi connectivity index (χ3n) is 11.4. The van der Waals surface area contributed by atoms with Gasteiger partial charge in [0.05, 0.1) is 28.5 Å². The molecule has 384 valence electrons. The summed E-state index contributed by atoms with van der Waals surface area (Å²) in [5, 5.41) is 0. The largest absolute Gasteiger partial charge is 0.265 e. The molecule has 0 unspecified atom stereocenters. The van der Waals surface area contributed by atoms with Gasteiger partial charge in [0.15, 0.2) is 0 Å². The molecule has 0 spiro atoms. The van der Waals surface area contributed by atoms with Crippen LogP contribution in [0.4, 0.5) is 0 Å². The van der Waals surface area contributed by atoms with E-state index in [4.69, 9.17) is 0 Å². The highest BCUT2D eigenvalue weighted by Gasteiger charge is 2.06. The number of nitrogens with zero attached hydrogens (tertiary/aromatic N) is 15. The molecule has 12 rings (SSSR count). The van der Waals surface area contributed by atoms with E-state index >= 15 is 0 Å². The van der Waals surface area contributed by atoms with Crippen molar-refractivity contribution in [2.24, 2.45) is 0 Å². The highest BCUT2D eigenvalue weighted by atomic mass is 14.9. The average Bonchev–Trinajstić information content (AvgIpc) is 3.50. The molecule has 0 bridgehead atoms. The van der Waals surface area contributed by atoms with Gasteiger partial charge < -0.3 is 0 Å². The van der Waals surface area contributed by atoms with Gasteiger partial charge in [-0.25, -0.2) is 49.8 Å². The zero-order valence-corrected chi connectivity index (χ0v) is 44.2. The van der Waals surface area contributed by atoms with E-state index in [-0.39, 0.29) is 0 Å². The van der Waals surface area contributed by atoms with Gasteiger partial charge in [-0.3, -0.25) is 24.9 Å². The molecule has 0 saturated heterocycles. The van der Waals surface area contributed by atoms with Gasteiger partial charge in [-0.1, -0.05) is 72.8 Å². The van der Waals surface area contributed by atoms with Crippen LogP contribution in [0.3, 0.4) is 0 Å². The number of pyridine rings is 5. The maximum absolute atomic E-state index is 4.24. The maximum atomic E-state index is 4.24. The Morgan fingerprint density at radius 3 is 1.13 bits per heavy atom. The normalized spacial score (nSPS) is 9.92. The SMILES string of the molecule is Cc1cncnc1-c1ccccc1.Cc1cncnc1-c1ccccn1.Cc1cncnc1-c1cccnc1.Cc1cncnc1-c1ccncc1.Cc1ncccc1-c1ccncc1.Cc1ncncc1-c1ccccc1. The van der Waals surface area contributed by atoms with Crippen LogP contribution in [0.25, 0.3) is 67.4 Å². The summed E-state index contributed by atoms with van der Waals surface area (Å²) >= 11 is 0. The van der Waals surface area contributed by atoms with Crippen molar-refractivity contribution in [3.63, 3.8) is 0 Å². The molecule has 0 radical (unpaired) electrons. The van der Waals surface area contributed by atoms with Gasteiger partial charge in [0.2, 0.25) is 0 Å². The first kappa shape index (κ1) is 55.3. The first-order chi connectivity index (χ1) is 38.3. The van der Waals surface area contributed by atoms with Crippen molar-refractivity contribution < 1.29 is 0 Å². The third kappa shape index (κ3) is 16.8. The van der Waals surface area contributed by atoms with Gasteiger partial charge >= 0.3 is 0 Å². The van der Waals surface area contributed by atoms with Crippen LogP contribution >= 0.6 is 0 Å². The summed E-state index contributed by atoms with van der Waals surface area (Å²) in [5.41, 5.74) is 18.9. The van der Waals surface area contributed by atoms with Crippen LogP contribution in [-0.2, 0) is 0 Å².